The number of anilines is 4. The summed E-state index contributed by atoms with van der Waals surface area (Å²) in [4.78, 5) is 14.1. The molecule has 0 aliphatic carbocycles. The van der Waals surface area contributed by atoms with Gasteiger partial charge in [-0.3, -0.25) is 0 Å². The summed E-state index contributed by atoms with van der Waals surface area (Å²) in [6.45, 7) is 0.205. The van der Waals surface area contributed by atoms with Gasteiger partial charge in [0.15, 0.2) is 11.5 Å². The molecule has 1 aliphatic heterocycles. The topological polar surface area (TPSA) is 98.4 Å². The zero-order valence-electron chi connectivity index (χ0n) is 11.1. The molecule has 3 rings (SSSR count). The van der Waals surface area contributed by atoms with E-state index in [1.165, 1.54) is 0 Å². The van der Waals surface area contributed by atoms with E-state index in [4.69, 9.17) is 15.2 Å². The van der Waals surface area contributed by atoms with Gasteiger partial charge < -0.3 is 25.4 Å². The smallest absolute Gasteiger partial charge is 0.233 e. The molecular weight excluding hydrogens is 260 g/mol. The van der Waals surface area contributed by atoms with E-state index < -0.39 is 0 Å². The third kappa shape index (κ3) is 2.22. The van der Waals surface area contributed by atoms with Crippen LogP contribution < -0.4 is 25.4 Å². The molecule has 1 aromatic carbocycles. The summed E-state index contributed by atoms with van der Waals surface area (Å²) >= 11 is 0. The number of hydrogen-bond donors (Lipinski definition) is 2. The molecule has 20 heavy (non-hydrogen) atoms. The van der Waals surface area contributed by atoms with Gasteiger partial charge in [-0.1, -0.05) is 6.07 Å². The zero-order chi connectivity index (χ0) is 14.1. The summed E-state index contributed by atoms with van der Waals surface area (Å²) < 4.78 is 10.7. The van der Waals surface area contributed by atoms with Crippen LogP contribution in [-0.4, -0.2) is 35.8 Å². The lowest BCUT2D eigenvalue weighted by molar-refractivity contribution is 0.174. The van der Waals surface area contributed by atoms with Crippen LogP contribution >= 0.6 is 0 Å². The fourth-order valence-corrected chi connectivity index (χ4v) is 1.79. The van der Waals surface area contributed by atoms with Crippen molar-refractivity contribution in [1.82, 2.24) is 15.0 Å². The van der Waals surface area contributed by atoms with Gasteiger partial charge in [-0.25, -0.2) is 0 Å². The van der Waals surface area contributed by atoms with Crippen molar-refractivity contribution < 1.29 is 9.47 Å². The van der Waals surface area contributed by atoms with Crippen molar-refractivity contribution in [1.29, 1.82) is 0 Å². The molecule has 0 unspecified atom stereocenters. The maximum Gasteiger partial charge on any atom is 0.233 e. The van der Waals surface area contributed by atoms with Crippen LogP contribution in [0.5, 0.6) is 11.5 Å². The lowest BCUT2D eigenvalue weighted by Gasteiger charge is -2.12. The lowest BCUT2D eigenvalue weighted by atomic mass is 10.3. The fourth-order valence-electron chi connectivity index (χ4n) is 1.79. The predicted molar refractivity (Wildman–Crippen MR) is 74.4 cm³/mol. The highest BCUT2D eigenvalue weighted by atomic mass is 16.7. The van der Waals surface area contributed by atoms with E-state index in [2.05, 4.69) is 20.3 Å². The standard InChI is InChI=1S/C12H14N6O2/c1-18(2)12-16-10(13)15-11(17-12)14-7-4-3-5-8-9(7)20-6-19-8/h3-5H,6H2,1-2H3,(H3,13,14,15,16,17). The largest absolute Gasteiger partial charge is 0.454 e. The maximum atomic E-state index is 5.68. The van der Waals surface area contributed by atoms with Crippen LogP contribution in [0.1, 0.15) is 0 Å². The van der Waals surface area contributed by atoms with Crippen molar-refractivity contribution in [3.63, 3.8) is 0 Å². The first kappa shape index (κ1) is 12.3. The van der Waals surface area contributed by atoms with Crippen LogP contribution in [0.2, 0.25) is 0 Å². The molecule has 0 radical (unpaired) electrons. The molecule has 104 valence electrons. The van der Waals surface area contributed by atoms with Gasteiger partial charge in [0.2, 0.25) is 24.6 Å². The van der Waals surface area contributed by atoms with Crippen LogP contribution in [0.4, 0.5) is 23.5 Å². The Morgan fingerprint density at radius 1 is 1.20 bits per heavy atom. The number of nitrogens with one attached hydrogen (secondary N) is 1. The summed E-state index contributed by atoms with van der Waals surface area (Å²) in [7, 11) is 3.66. The highest BCUT2D eigenvalue weighted by Gasteiger charge is 2.18. The number of ether oxygens (including phenoxy) is 2. The van der Waals surface area contributed by atoms with Gasteiger partial charge in [0, 0.05) is 14.1 Å². The van der Waals surface area contributed by atoms with Gasteiger partial charge in [-0.15, -0.1) is 0 Å². The van der Waals surface area contributed by atoms with E-state index in [9.17, 15) is 0 Å². The Hall–Kier alpha value is -2.77. The zero-order valence-corrected chi connectivity index (χ0v) is 11.1. The monoisotopic (exact) mass is 274 g/mol. The molecule has 1 aromatic heterocycles. The minimum absolute atomic E-state index is 0.149. The highest BCUT2D eigenvalue weighted by molar-refractivity contribution is 5.68. The van der Waals surface area contributed by atoms with E-state index in [-0.39, 0.29) is 12.7 Å². The molecule has 0 bridgehead atoms. The van der Waals surface area contributed by atoms with E-state index in [1.807, 2.05) is 32.3 Å². The van der Waals surface area contributed by atoms with E-state index in [0.29, 0.717) is 23.4 Å². The second-order valence-electron chi connectivity index (χ2n) is 4.38. The average molecular weight is 274 g/mol. The van der Waals surface area contributed by atoms with Crippen molar-refractivity contribution in [3.05, 3.63) is 18.2 Å². The summed E-state index contributed by atoms with van der Waals surface area (Å²) in [5.41, 5.74) is 6.40. The molecule has 0 saturated carbocycles. The third-order valence-corrected chi connectivity index (χ3v) is 2.68. The summed E-state index contributed by atoms with van der Waals surface area (Å²) in [5, 5.41) is 3.07. The molecule has 1 aliphatic rings. The fraction of sp³-hybridized carbons (Fsp3) is 0.250. The molecule has 8 nitrogen and oxygen atoms in total. The quantitative estimate of drug-likeness (QED) is 0.855. The number of nitrogens with zero attached hydrogens (tertiary/aromatic N) is 4. The molecular formula is C12H14N6O2. The van der Waals surface area contributed by atoms with Gasteiger partial charge in [0.25, 0.3) is 0 Å². The molecule has 0 saturated heterocycles. The third-order valence-electron chi connectivity index (χ3n) is 2.68. The molecule has 8 heteroatoms. The SMILES string of the molecule is CN(C)c1nc(N)nc(Nc2cccc3c2OCO3)n1. The number of hydrogen-bond acceptors (Lipinski definition) is 8. The Bertz CT molecular complexity index is 646. The predicted octanol–water partition coefficient (Wildman–Crippen LogP) is 0.992. The second kappa shape index (κ2) is 4.72. The number of nitrogen functional groups attached to an aromatic ring is 1. The van der Waals surface area contributed by atoms with Gasteiger partial charge in [-0.05, 0) is 12.1 Å². The molecule has 0 fully saturated rings. The van der Waals surface area contributed by atoms with Crippen molar-refractivity contribution in [2.45, 2.75) is 0 Å². The van der Waals surface area contributed by atoms with Crippen molar-refractivity contribution in [2.24, 2.45) is 0 Å². The Labute approximate surface area is 115 Å². The number of fused-ring (bicyclic) bond motifs is 1. The first-order chi connectivity index (χ1) is 9.63. The van der Waals surface area contributed by atoms with Gasteiger partial charge >= 0.3 is 0 Å². The van der Waals surface area contributed by atoms with Crippen molar-refractivity contribution in [2.75, 3.05) is 36.8 Å². The molecule has 2 heterocycles. The Morgan fingerprint density at radius 2 is 2.05 bits per heavy atom. The van der Waals surface area contributed by atoms with Gasteiger partial charge in [-0.2, -0.15) is 15.0 Å². The van der Waals surface area contributed by atoms with E-state index in [0.717, 1.165) is 5.69 Å². The van der Waals surface area contributed by atoms with Crippen LogP contribution in [0.25, 0.3) is 0 Å². The summed E-state index contributed by atoms with van der Waals surface area (Å²) in [6, 6.07) is 5.54. The average Bonchev–Trinajstić information content (AvgIpc) is 2.87. The number of aromatic nitrogens is 3. The maximum absolute atomic E-state index is 5.68. The number of benzene rings is 1. The van der Waals surface area contributed by atoms with Gasteiger partial charge in [0.05, 0.1) is 5.69 Å². The number of nitrogens with two attached hydrogens (primary N) is 1. The van der Waals surface area contributed by atoms with Crippen LogP contribution in [0.3, 0.4) is 0 Å². The minimum atomic E-state index is 0.149. The molecule has 2 aromatic rings. The minimum Gasteiger partial charge on any atom is -0.454 e. The van der Waals surface area contributed by atoms with E-state index >= 15 is 0 Å². The summed E-state index contributed by atoms with van der Waals surface area (Å²) in [5.74, 6) is 2.30. The van der Waals surface area contributed by atoms with Crippen molar-refractivity contribution >= 4 is 23.5 Å². The van der Waals surface area contributed by atoms with Crippen LogP contribution in [0.15, 0.2) is 18.2 Å². The summed E-state index contributed by atoms with van der Waals surface area (Å²) in [6.07, 6.45) is 0. The molecule has 3 N–H and O–H groups in total. The normalized spacial score (nSPS) is 12.3. The first-order valence-corrected chi connectivity index (χ1v) is 5.98. The Balaban J connectivity index is 1.94. The van der Waals surface area contributed by atoms with E-state index in [1.54, 1.807) is 4.90 Å². The molecule has 0 atom stereocenters. The Kier molecular flexibility index (Phi) is 2.90. The van der Waals surface area contributed by atoms with Crippen LogP contribution in [0, 0.1) is 0 Å². The number of rotatable bonds is 3. The second-order valence-corrected chi connectivity index (χ2v) is 4.38. The first-order valence-electron chi connectivity index (χ1n) is 5.98. The lowest BCUT2D eigenvalue weighted by Crippen LogP contribution is -2.15. The Morgan fingerprint density at radius 3 is 2.85 bits per heavy atom. The molecule has 0 amide bonds. The van der Waals surface area contributed by atoms with Crippen molar-refractivity contribution in [3.8, 4) is 11.5 Å². The highest BCUT2D eigenvalue weighted by Crippen LogP contribution is 2.39. The molecule has 0 spiro atoms. The number of para-hydroxylation sites is 1. The van der Waals surface area contributed by atoms with Crippen LogP contribution in [-0.2, 0) is 0 Å². The van der Waals surface area contributed by atoms with Gasteiger partial charge in [0.1, 0.15) is 0 Å².